The van der Waals surface area contributed by atoms with Crippen LogP contribution in [-0.2, 0) is 10.0 Å². The molecule has 0 aliphatic carbocycles. The minimum Gasteiger partial charge on any atom is -0.497 e. The van der Waals surface area contributed by atoms with Crippen molar-refractivity contribution in [2.24, 2.45) is 0 Å². The number of methoxy groups -OCH3 is 1. The number of ether oxygens (including phenoxy) is 1. The molecule has 0 aromatic heterocycles. The van der Waals surface area contributed by atoms with E-state index < -0.39 is 10.0 Å². The van der Waals surface area contributed by atoms with Crippen LogP contribution in [0.4, 0.5) is 0 Å². The maximum absolute atomic E-state index is 11.9. The fourth-order valence-electron chi connectivity index (χ4n) is 1.31. The third-order valence-electron chi connectivity index (χ3n) is 2.15. The normalized spacial score (nSPS) is 12.8. The van der Waals surface area contributed by atoms with E-state index in [-0.39, 0.29) is 10.9 Å². The SMILES string of the molecule is C#CCC(C)NS(=O)(=O)c1ccc(OC)cc1. The smallest absolute Gasteiger partial charge is 0.240 e. The van der Waals surface area contributed by atoms with E-state index in [1.807, 2.05) is 0 Å². The van der Waals surface area contributed by atoms with Crippen molar-refractivity contribution in [2.75, 3.05) is 7.11 Å². The molecule has 0 aliphatic heterocycles. The van der Waals surface area contributed by atoms with Crippen molar-refractivity contribution in [3.63, 3.8) is 0 Å². The second-order valence-corrected chi connectivity index (χ2v) is 5.32. The highest BCUT2D eigenvalue weighted by Gasteiger charge is 2.16. The highest BCUT2D eigenvalue weighted by Crippen LogP contribution is 2.15. The van der Waals surface area contributed by atoms with Crippen LogP contribution >= 0.6 is 0 Å². The van der Waals surface area contributed by atoms with Gasteiger partial charge in [0.25, 0.3) is 0 Å². The first-order chi connectivity index (χ1) is 7.99. The molecule has 5 heteroatoms. The zero-order chi connectivity index (χ0) is 12.9. The Hall–Kier alpha value is -1.51. The first kappa shape index (κ1) is 13.6. The molecule has 0 radical (unpaired) electrons. The topological polar surface area (TPSA) is 55.4 Å². The molecule has 0 amide bonds. The van der Waals surface area contributed by atoms with Crippen LogP contribution < -0.4 is 9.46 Å². The van der Waals surface area contributed by atoms with Crippen molar-refractivity contribution in [2.45, 2.75) is 24.3 Å². The van der Waals surface area contributed by atoms with Gasteiger partial charge in [-0.05, 0) is 31.2 Å². The lowest BCUT2D eigenvalue weighted by Gasteiger charge is -2.11. The van der Waals surface area contributed by atoms with Gasteiger partial charge < -0.3 is 4.74 Å². The minimum atomic E-state index is -3.51. The second-order valence-electron chi connectivity index (χ2n) is 3.61. The Morgan fingerprint density at radius 1 is 1.41 bits per heavy atom. The Morgan fingerprint density at radius 3 is 2.47 bits per heavy atom. The number of benzene rings is 1. The highest BCUT2D eigenvalue weighted by atomic mass is 32.2. The minimum absolute atomic E-state index is 0.196. The summed E-state index contributed by atoms with van der Waals surface area (Å²) in [6.45, 7) is 1.72. The Balaban J connectivity index is 2.86. The molecule has 0 saturated heterocycles. The van der Waals surface area contributed by atoms with Gasteiger partial charge in [-0.3, -0.25) is 0 Å². The monoisotopic (exact) mass is 253 g/mol. The fourth-order valence-corrected chi connectivity index (χ4v) is 2.55. The molecule has 1 aromatic rings. The average molecular weight is 253 g/mol. The maximum Gasteiger partial charge on any atom is 0.240 e. The summed E-state index contributed by atoms with van der Waals surface area (Å²) in [5.74, 6) is 3.02. The maximum atomic E-state index is 11.9. The van der Waals surface area contributed by atoms with E-state index in [4.69, 9.17) is 11.2 Å². The zero-order valence-corrected chi connectivity index (χ0v) is 10.6. The molecule has 92 valence electrons. The molecule has 0 saturated carbocycles. The van der Waals surface area contributed by atoms with Crippen LogP contribution in [0.2, 0.25) is 0 Å². The second kappa shape index (κ2) is 5.71. The van der Waals surface area contributed by atoms with Gasteiger partial charge in [-0.25, -0.2) is 13.1 Å². The van der Waals surface area contributed by atoms with Crippen LogP contribution in [0, 0.1) is 12.3 Å². The summed E-state index contributed by atoms with van der Waals surface area (Å²) >= 11 is 0. The number of sulfonamides is 1. The molecular weight excluding hydrogens is 238 g/mol. The van der Waals surface area contributed by atoms with Crippen LogP contribution in [0.1, 0.15) is 13.3 Å². The molecule has 17 heavy (non-hydrogen) atoms. The summed E-state index contributed by atoms with van der Waals surface area (Å²) in [7, 11) is -1.98. The van der Waals surface area contributed by atoms with Crippen molar-refractivity contribution in [3.05, 3.63) is 24.3 Å². The summed E-state index contributed by atoms with van der Waals surface area (Å²) in [5, 5.41) is 0. The van der Waals surface area contributed by atoms with Gasteiger partial charge in [0, 0.05) is 12.5 Å². The average Bonchev–Trinajstić information content (AvgIpc) is 2.28. The molecule has 1 unspecified atom stereocenters. The van der Waals surface area contributed by atoms with Gasteiger partial charge in [-0.15, -0.1) is 12.3 Å². The van der Waals surface area contributed by atoms with Crippen molar-refractivity contribution in [1.29, 1.82) is 0 Å². The number of rotatable bonds is 5. The van der Waals surface area contributed by atoms with E-state index in [9.17, 15) is 8.42 Å². The Labute approximate surface area is 102 Å². The van der Waals surface area contributed by atoms with Gasteiger partial charge in [0.05, 0.1) is 12.0 Å². The molecule has 0 bridgehead atoms. The summed E-state index contributed by atoms with van der Waals surface area (Å²) < 4.78 is 31.3. The molecule has 4 nitrogen and oxygen atoms in total. The molecule has 0 spiro atoms. The Kier molecular flexibility index (Phi) is 4.55. The lowest BCUT2D eigenvalue weighted by atomic mass is 10.3. The predicted molar refractivity (Wildman–Crippen MR) is 66.2 cm³/mol. The number of terminal acetylenes is 1. The summed E-state index contributed by atoms with van der Waals surface area (Å²) in [6.07, 6.45) is 5.48. The van der Waals surface area contributed by atoms with E-state index in [0.717, 1.165) is 0 Å². The van der Waals surface area contributed by atoms with E-state index >= 15 is 0 Å². The van der Waals surface area contributed by atoms with Crippen molar-refractivity contribution < 1.29 is 13.2 Å². The predicted octanol–water partition coefficient (Wildman–Crippen LogP) is 1.39. The highest BCUT2D eigenvalue weighted by molar-refractivity contribution is 7.89. The zero-order valence-electron chi connectivity index (χ0n) is 9.80. The van der Waals surface area contributed by atoms with Crippen molar-refractivity contribution >= 4 is 10.0 Å². The van der Waals surface area contributed by atoms with Gasteiger partial charge in [-0.2, -0.15) is 0 Å². The molecule has 1 atom stereocenters. The first-order valence-electron chi connectivity index (χ1n) is 5.09. The third kappa shape index (κ3) is 3.77. The Morgan fingerprint density at radius 2 is 2.00 bits per heavy atom. The fraction of sp³-hybridized carbons (Fsp3) is 0.333. The van der Waals surface area contributed by atoms with Crippen LogP contribution in [0.3, 0.4) is 0 Å². The standard InChI is InChI=1S/C12H15NO3S/c1-4-5-10(2)13-17(14,15)12-8-6-11(16-3)7-9-12/h1,6-10,13H,5H2,2-3H3. The number of nitrogens with one attached hydrogen (secondary N) is 1. The molecule has 1 N–H and O–H groups in total. The van der Waals surface area contributed by atoms with Gasteiger partial charge >= 0.3 is 0 Å². The van der Waals surface area contributed by atoms with E-state index in [0.29, 0.717) is 12.2 Å². The van der Waals surface area contributed by atoms with Gasteiger partial charge in [0.15, 0.2) is 0 Å². The van der Waals surface area contributed by atoms with Crippen LogP contribution in [-0.4, -0.2) is 21.6 Å². The molecule has 0 aliphatic rings. The summed E-state index contributed by atoms with van der Waals surface area (Å²) in [4.78, 5) is 0.196. The molecule has 0 fully saturated rings. The van der Waals surface area contributed by atoms with E-state index in [2.05, 4.69) is 10.6 Å². The van der Waals surface area contributed by atoms with Crippen LogP contribution in [0.5, 0.6) is 5.75 Å². The van der Waals surface area contributed by atoms with Crippen LogP contribution in [0.25, 0.3) is 0 Å². The molecule has 1 aromatic carbocycles. The molecular formula is C12H15NO3S. The summed E-state index contributed by atoms with van der Waals surface area (Å²) in [5.41, 5.74) is 0. The lowest BCUT2D eigenvalue weighted by molar-refractivity contribution is 0.414. The van der Waals surface area contributed by atoms with Gasteiger partial charge in [-0.1, -0.05) is 0 Å². The first-order valence-corrected chi connectivity index (χ1v) is 6.57. The van der Waals surface area contributed by atoms with Gasteiger partial charge in [0.2, 0.25) is 10.0 Å². The quantitative estimate of drug-likeness (QED) is 0.807. The van der Waals surface area contributed by atoms with Crippen molar-refractivity contribution in [3.8, 4) is 18.1 Å². The number of hydrogen-bond acceptors (Lipinski definition) is 3. The van der Waals surface area contributed by atoms with Crippen molar-refractivity contribution in [1.82, 2.24) is 4.72 Å². The lowest BCUT2D eigenvalue weighted by Crippen LogP contribution is -2.32. The van der Waals surface area contributed by atoms with Crippen LogP contribution in [0.15, 0.2) is 29.2 Å². The van der Waals surface area contributed by atoms with E-state index in [1.54, 1.807) is 19.1 Å². The Bertz CT molecular complexity index is 500. The molecule has 1 rings (SSSR count). The largest absolute Gasteiger partial charge is 0.497 e. The summed E-state index contributed by atoms with van der Waals surface area (Å²) in [6, 6.07) is 5.89. The molecule has 0 heterocycles. The number of hydrogen-bond donors (Lipinski definition) is 1. The van der Waals surface area contributed by atoms with E-state index in [1.165, 1.54) is 19.2 Å². The van der Waals surface area contributed by atoms with Gasteiger partial charge in [0.1, 0.15) is 5.75 Å². The third-order valence-corrected chi connectivity index (χ3v) is 3.76.